The Balaban J connectivity index is 1.56. The number of carboxylic acid groups (broad SMARTS) is 1. The number of methoxy groups -OCH3 is 1. The molecule has 1 saturated carbocycles. The topological polar surface area (TPSA) is 84.7 Å². The van der Waals surface area contributed by atoms with Gasteiger partial charge in [0, 0.05) is 24.1 Å². The summed E-state index contributed by atoms with van der Waals surface area (Å²) in [7, 11) is 1.42. The number of carboxylic acids is 1. The third kappa shape index (κ3) is 4.51. The molecular weight excluding hydrogens is 442 g/mol. The van der Waals surface area contributed by atoms with Gasteiger partial charge in [-0.25, -0.2) is 9.78 Å². The van der Waals surface area contributed by atoms with Crippen molar-refractivity contribution in [2.45, 2.75) is 64.0 Å². The average Bonchev–Trinajstić information content (AvgIpc) is 3.29. The second-order valence-corrected chi connectivity index (χ2v) is 9.98. The van der Waals surface area contributed by atoms with Crippen LogP contribution in [0.1, 0.15) is 67.1 Å². The van der Waals surface area contributed by atoms with Crippen LogP contribution in [0.3, 0.4) is 0 Å². The first kappa shape index (κ1) is 23.4. The second-order valence-electron chi connectivity index (χ2n) is 9.98. The summed E-state index contributed by atoms with van der Waals surface area (Å²) in [6, 6.07) is 15.0. The fourth-order valence-corrected chi connectivity index (χ4v) is 5.89. The molecule has 0 spiro atoms. The number of nitrogens with zero attached hydrogens (tertiary/aromatic N) is 3. The van der Waals surface area contributed by atoms with Crippen molar-refractivity contribution in [2.24, 2.45) is 5.92 Å². The van der Waals surface area contributed by atoms with Gasteiger partial charge in [0.05, 0.1) is 30.6 Å². The van der Waals surface area contributed by atoms with Crippen molar-refractivity contribution in [1.82, 2.24) is 14.5 Å². The minimum absolute atomic E-state index is 0.188. The van der Waals surface area contributed by atoms with Crippen molar-refractivity contribution < 1.29 is 19.4 Å². The van der Waals surface area contributed by atoms with Gasteiger partial charge in [-0.05, 0) is 62.6 Å². The van der Waals surface area contributed by atoms with Gasteiger partial charge >= 0.3 is 12.1 Å². The summed E-state index contributed by atoms with van der Waals surface area (Å²) in [6.45, 7) is 3.37. The summed E-state index contributed by atoms with van der Waals surface area (Å²) in [5.74, 6) is 0.335. The Hall–Kier alpha value is -3.35. The summed E-state index contributed by atoms with van der Waals surface area (Å²) in [5.41, 5.74) is 5.67. The monoisotopic (exact) mass is 475 g/mol. The quantitative estimate of drug-likeness (QED) is 0.540. The lowest BCUT2D eigenvalue weighted by molar-refractivity contribution is -0.142. The van der Waals surface area contributed by atoms with Crippen LogP contribution in [0.4, 0.5) is 4.79 Å². The Morgan fingerprint density at radius 1 is 1.11 bits per heavy atom. The van der Waals surface area contributed by atoms with Crippen LogP contribution < -0.4 is 0 Å². The molecule has 7 nitrogen and oxygen atoms in total. The Labute approximate surface area is 205 Å². The molecule has 2 aromatic carbocycles. The average molecular weight is 476 g/mol. The smallest absolute Gasteiger partial charge is 0.409 e. The Kier molecular flexibility index (Phi) is 6.50. The van der Waals surface area contributed by atoms with Gasteiger partial charge in [-0.15, -0.1) is 0 Å². The molecule has 1 amide bonds. The molecule has 2 aliphatic rings. The molecular formula is C28H33N3O4. The summed E-state index contributed by atoms with van der Waals surface area (Å²) >= 11 is 0. The van der Waals surface area contributed by atoms with Gasteiger partial charge in [-0.2, -0.15) is 0 Å². The SMILES string of the molecule is COC(=O)N1CCc2ccc3c(nc(C4CCC(C(=O)O)CC4)n3[C@H](C)Cc3ccccc3)c2C1. The van der Waals surface area contributed by atoms with E-state index < -0.39 is 5.97 Å². The van der Waals surface area contributed by atoms with Crippen molar-refractivity contribution in [1.29, 1.82) is 0 Å². The maximum absolute atomic E-state index is 12.3. The van der Waals surface area contributed by atoms with Gasteiger partial charge in [0.15, 0.2) is 0 Å². The highest BCUT2D eigenvalue weighted by atomic mass is 16.5. The van der Waals surface area contributed by atoms with Gasteiger partial charge in [0.2, 0.25) is 0 Å². The molecule has 0 radical (unpaired) electrons. The van der Waals surface area contributed by atoms with E-state index in [1.54, 1.807) is 4.90 Å². The number of fused-ring (bicyclic) bond motifs is 3. The molecule has 1 fully saturated rings. The first-order valence-electron chi connectivity index (χ1n) is 12.6. The van der Waals surface area contributed by atoms with Gasteiger partial charge < -0.3 is 19.3 Å². The summed E-state index contributed by atoms with van der Waals surface area (Å²) in [4.78, 5) is 30.8. The number of aromatic nitrogens is 2. The molecule has 3 aromatic rings. The number of carbonyl (C=O) groups excluding carboxylic acids is 1. The molecule has 1 aliphatic heterocycles. The van der Waals surface area contributed by atoms with E-state index in [9.17, 15) is 14.7 Å². The molecule has 0 bridgehead atoms. The van der Waals surface area contributed by atoms with Gasteiger partial charge in [-0.1, -0.05) is 36.4 Å². The predicted octanol–water partition coefficient (Wildman–Crippen LogP) is 5.32. The lowest BCUT2D eigenvalue weighted by Crippen LogP contribution is -2.35. The zero-order valence-corrected chi connectivity index (χ0v) is 20.4. The zero-order chi connectivity index (χ0) is 24.5. The first-order valence-corrected chi connectivity index (χ1v) is 12.6. The molecule has 5 rings (SSSR count). The number of rotatable bonds is 5. The lowest BCUT2D eigenvalue weighted by Gasteiger charge is -2.28. The number of carbonyl (C=O) groups is 2. The highest BCUT2D eigenvalue weighted by molar-refractivity contribution is 5.82. The molecule has 7 heteroatoms. The van der Waals surface area contributed by atoms with Crippen molar-refractivity contribution >= 4 is 23.1 Å². The molecule has 35 heavy (non-hydrogen) atoms. The van der Waals surface area contributed by atoms with Crippen LogP contribution in [0, 0.1) is 5.92 Å². The van der Waals surface area contributed by atoms with E-state index in [2.05, 4.69) is 47.9 Å². The summed E-state index contributed by atoms with van der Waals surface area (Å²) in [6.07, 6.45) is 4.39. The van der Waals surface area contributed by atoms with Crippen molar-refractivity contribution in [3.63, 3.8) is 0 Å². The third-order valence-electron chi connectivity index (χ3n) is 7.78. The predicted molar refractivity (Wildman–Crippen MR) is 133 cm³/mol. The van der Waals surface area contributed by atoms with Crippen LogP contribution in [0.5, 0.6) is 0 Å². The fourth-order valence-electron chi connectivity index (χ4n) is 5.89. The van der Waals surface area contributed by atoms with E-state index >= 15 is 0 Å². The maximum Gasteiger partial charge on any atom is 0.409 e. The normalized spacial score (nSPS) is 20.9. The second kappa shape index (κ2) is 9.72. The summed E-state index contributed by atoms with van der Waals surface area (Å²) < 4.78 is 7.37. The van der Waals surface area contributed by atoms with Crippen LogP contribution in [0.25, 0.3) is 11.0 Å². The lowest BCUT2D eigenvalue weighted by atomic mass is 9.81. The number of hydrogen-bond donors (Lipinski definition) is 1. The highest BCUT2D eigenvalue weighted by Gasteiger charge is 2.32. The number of aliphatic carboxylic acids is 1. The minimum atomic E-state index is -0.689. The Bertz CT molecular complexity index is 1230. The van der Waals surface area contributed by atoms with E-state index in [0.29, 0.717) is 25.9 Å². The van der Waals surface area contributed by atoms with E-state index in [4.69, 9.17) is 9.72 Å². The van der Waals surface area contributed by atoms with E-state index in [0.717, 1.165) is 48.1 Å². The zero-order valence-electron chi connectivity index (χ0n) is 20.4. The van der Waals surface area contributed by atoms with Crippen LogP contribution >= 0.6 is 0 Å². The van der Waals surface area contributed by atoms with E-state index in [-0.39, 0.29) is 24.0 Å². The Morgan fingerprint density at radius 2 is 1.86 bits per heavy atom. The number of imidazole rings is 1. The first-order chi connectivity index (χ1) is 17.0. The molecule has 1 N–H and O–H groups in total. The Morgan fingerprint density at radius 3 is 2.54 bits per heavy atom. The van der Waals surface area contributed by atoms with Crippen LogP contribution in [-0.4, -0.2) is 45.3 Å². The maximum atomic E-state index is 12.3. The molecule has 1 atom stereocenters. The number of hydrogen-bond acceptors (Lipinski definition) is 4. The highest BCUT2D eigenvalue weighted by Crippen LogP contribution is 2.40. The van der Waals surface area contributed by atoms with Gasteiger partial charge in [0.25, 0.3) is 0 Å². The minimum Gasteiger partial charge on any atom is -0.481 e. The van der Waals surface area contributed by atoms with Gasteiger partial charge in [0.1, 0.15) is 5.82 Å². The van der Waals surface area contributed by atoms with Crippen molar-refractivity contribution in [3.05, 3.63) is 65.0 Å². The number of benzene rings is 2. The summed E-state index contributed by atoms with van der Waals surface area (Å²) in [5, 5.41) is 9.48. The molecule has 2 heterocycles. The molecule has 0 saturated heterocycles. The molecule has 184 valence electrons. The third-order valence-corrected chi connectivity index (χ3v) is 7.78. The largest absolute Gasteiger partial charge is 0.481 e. The van der Waals surface area contributed by atoms with E-state index in [1.807, 2.05) is 6.07 Å². The van der Waals surface area contributed by atoms with Crippen LogP contribution in [0.2, 0.25) is 0 Å². The van der Waals surface area contributed by atoms with Gasteiger partial charge in [-0.3, -0.25) is 4.79 Å². The molecule has 1 aromatic heterocycles. The molecule has 1 aliphatic carbocycles. The fraction of sp³-hybridized carbons (Fsp3) is 0.464. The van der Waals surface area contributed by atoms with Crippen LogP contribution in [0.15, 0.2) is 42.5 Å². The number of ether oxygens (including phenoxy) is 1. The van der Waals surface area contributed by atoms with E-state index in [1.165, 1.54) is 18.2 Å². The van der Waals surface area contributed by atoms with Crippen molar-refractivity contribution in [3.8, 4) is 0 Å². The standard InChI is InChI=1S/C28H33N3O4/c1-18(16-19-6-4-3-5-7-19)31-24-13-12-20-14-15-30(28(34)35-2)17-23(20)25(24)29-26(31)21-8-10-22(11-9-21)27(32)33/h3-7,12-13,18,21-22H,8-11,14-17H2,1-2H3,(H,32,33)/t18-,21?,22?/m1/s1. The van der Waals surface area contributed by atoms with Crippen LogP contribution in [-0.2, 0) is 28.9 Å². The number of amides is 1. The molecule has 0 unspecified atom stereocenters. The van der Waals surface area contributed by atoms with Crippen molar-refractivity contribution in [2.75, 3.05) is 13.7 Å².